The number of morpholine rings is 1. The Labute approximate surface area is 242 Å². The number of nitrogens with zero attached hydrogens (tertiary/aromatic N) is 2. The fraction of sp³-hybridized carbons (Fsp3) is 0.367. The molecule has 0 spiro atoms. The lowest BCUT2D eigenvalue weighted by Crippen LogP contribution is -2.44. The van der Waals surface area contributed by atoms with E-state index in [1.54, 1.807) is 24.4 Å². The molecule has 41 heavy (non-hydrogen) atoms. The Bertz CT molecular complexity index is 1600. The van der Waals surface area contributed by atoms with Crippen molar-refractivity contribution in [2.45, 2.75) is 57.2 Å². The first-order chi connectivity index (χ1) is 19.7. The summed E-state index contributed by atoms with van der Waals surface area (Å²) >= 11 is 6.24. The van der Waals surface area contributed by atoms with Gasteiger partial charge in [-0.15, -0.1) is 0 Å². The van der Waals surface area contributed by atoms with Crippen molar-refractivity contribution < 1.29 is 9.13 Å². The summed E-state index contributed by atoms with van der Waals surface area (Å²) in [5.41, 5.74) is 14.7. The van der Waals surface area contributed by atoms with Gasteiger partial charge in [0.05, 0.1) is 41.5 Å². The van der Waals surface area contributed by atoms with Crippen LogP contribution in [-0.4, -0.2) is 45.7 Å². The molecule has 0 saturated carbocycles. The van der Waals surface area contributed by atoms with E-state index in [1.807, 2.05) is 31.2 Å². The first-order valence-electron chi connectivity index (χ1n) is 13.8. The quantitative estimate of drug-likeness (QED) is 0.137. The Kier molecular flexibility index (Phi) is 8.84. The van der Waals surface area contributed by atoms with Crippen LogP contribution in [0.3, 0.4) is 0 Å². The van der Waals surface area contributed by atoms with Crippen molar-refractivity contribution in [1.29, 1.82) is 5.41 Å². The summed E-state index contributed by atoms with van der Waals surface area (Å²) in [5.74, 6) is -0.358. The van der Waals surface area contributed by atoms with Crippen LogP contribution in [0, 0.1) is 11.2 Å². The molecule has 1 aliphatic rings. The number of aromatic nitrogens is 3. The van der Waals surface area contributed by atoms with Crippen molar-refractivity contribution in [1.82, 2.24) is 19.9 Å². The Morgan fingerprint density at radius 2 is 2.05 bits per heavy atom. The molecule has 9 nitrogen and oxygen atoms in total. The van der Waals surface area contributed by atoms with Crippen molar-refractivity contribution in [3.8, 4) is 16.9 Å². The van der Waals surface area contributed by atoms with Crippen LogP contribution in [0.4, 0.5) is 4.39 Å². The van der Waals surface area contributed by atoms with E-state index in [0.29, 0.717) is 47.6 Å². The summed E-state index contributed by atoms with van der Waals surface area (Å²) in [6.07, 6.45) is 5.42. The molecular formula is C30H35ClFN7O2. The van der Waals surface area contributed by atoms with E-state index in [0.717, 1.165) is 36.8 Å². The molecule has 0 bridgehead atoms. The average molecular weight is 580 g/mol. The summed E-state index contributed by atoms with van der Waals surface area (Å²) < 4.78 is 22.3. The molecule has 0 radical (unpaired) electrons. The number of rotatable bonds is 10. The zero-order valence-electron chi connectivity index (χ0n) is 22.9. The lowest BCUT2D eigenvalue weighted by atomic mass is 10.0. The van der Waals surface area contributed by atoms with E-state index >= 15 is 4.39 Å². The van der Waals surface area contributed by atoms with Crippen LogP contribution in [0.1, 0.15) is 49.8 Å². The second-order valence-electron chi connectivity index (χ2n) is 10.8. The lowest BCUT2D eigenvalue weighted by Gasteiger charge is -2.31. The van der Waals surface area contributed by atoms with Gasteiger partial charge in [0.25, 0.3) is 0 Å². The molecule has 3 heterocycles. The number of amidine groups is 1. The highest BCUT2D eigenvalue weighted by atomic mass is 35.5. The Morgan fingerprint density at radius 3 is 2.78 bits per heavy atom. The molecule has 5 rings (SSSR count). The maximum absolute atomic E-state index is 15.1. The summed E-state index contributed by atoms with van der Waals surface area (Å²) in [6.45, 7) is 3.07. The van der Waals surface area contributed by atoms with Crippen molar-refractivity contribution in [2.75, 3.05) is 13.2 Å². The monoisotopic (exact) mass is 579 g/mol. The van der Waals surface area contributed by atoms with Gasteiger partial charge < -0.3 is 26.5 Å². The molecule has 1 saturated heterocycles. The second kappa shape index (κ2) is 12.5. The van der Waals surface area contributed by atoms with Gasteiger partial charge in [-0.25, -0.2) is 9.18 Å². The van der Waals surface area contributed by atoms with Gasteiger partial charge in [0.15, 0.2) is 5.82 Å². The minimum Gasteiger partial charge on any atom is -0.388 e. The first kappa shape index (κ1) is 28.9. The highest BCUT2D eigenvalue weighted by molar-refractivity contribution is 6.31. The number of aromatic amines is 1. The number of aryl methyl sites for hydroxylation is 1. The molecule has 1 fully saturated rings. The minimum absolute atomic E-state index is 0.00416. The molecule has 2 aromatic heterocycles. The molecule has 11 heteroatoms. The number of fused-ring (bicyclic) bond motifs is 1. The molecule has 1 aliphatic heterocycles. The van der Waals surface area contributed by atoms with E-state index in [-0.39, 0.29) is 29.0 Å². The van der Waals surface area contributed by atoms with E-state index in [1.165, 1.54) is 4.57 Å². The Morgan fingerprint density at radius 1 is 1.27 bits per heavy atom. The third-order valence-electron chi connectivity index (χ3n) is 7.39. The average Bonchev–Trinajstić information content (AvgIpc) is 3.36. The van der Waals surface area contributed by atoms with Crippen molar-refractivity contribution in [2.24, 2.45) is 11.5 Å². The van der Waals surface area contributed by atoms with Crippen LogP contribution < -0.4 is 22.5 Å². The molecular weight excluding hydrogens is 545 g/mol. The number of halogens is 2. The number of H-pyrrole nitrogens is 1. The molecule has 2 aromatic carbocycles. The Balaban J connectivity index is 1.37. The van der Waals surface area contributed by atoms with Crippen LogP contribution in [-0.2, 0) is 11.2 Å². The van der Waals surface area contributed by atoms with Crippen molar-refractivity contribution >= 4 is 28.5 Å². The van der Waals surface area contributed by atoms with E-state index in [4.69, 9.17) is 33.2 Å². The van der Waals surface area contributed by atoms with Gasteiger partial charge in [0, 0.05) is 35.7 Å². The highest BCUT2D eigenvalue weighted by Crippen LogP contribution is 2.31. The van der Waals surface area contributed by atoms with Crippen LogP contribution in [0.15, 0.2) is 53.5 Å². The van der Waals surface area contributed by atoms with Gasteiger partial charge in [0.2, 0.25) is 0 Å². The zero-order chi connectivity index (χ0) is 29.1. The van der Waals surface area contributed by atoms with Gasteiger partial charge >= 0.3 is 5.69 Å². The van der Waals surface area contributed by atoms with Gasteiger partial charge in [0.1, 0.15) is 5.65 Å². The maximum atomic E-state index is 15.1. The number of hydrogen-bond acceptors (Lipinski definition) is 6. The number of ether oxygens (including phenoxy) is 1. The number of benzene rings is 2. The minimum atomic E-state index is -0.524. The smallest absolute Gasteiger partial charge is 0.354 e. The van der Waals surface area contributed by atoms with Crippen LogP contribution >= 0.6 is 11.6 Å². The first-order valence-corrected chi connectivity index (χ1v) is 14.2. The van der Waals surface area contributed by atoms with Gasteiger partial charge in [-0.2, -0.15) is 4.98 Å². The predicted octanol–water partition coefficient (Wildman–Crippen LogP) is 4.59. The number of nitrogens with two attached hydrogens (primary N) is 2. The predicted molar refractivity (Wildman–Crippen MR) is 160 cm³/mol. The van der Waals surface area contributed by atoms with Gasteiger partial charge in [-0.1, -0.05) is 23.7 Å². The summed E-state index contributed by atoms with van der Waals surface area (Å²) in [7, 11) is 0. The van der Waals surface area contributed by atoms with E-state index < -0.39 is 11.5 Å². The summed E-state index contributed by atoms with van der Waals surface area (Å²) in [6, 6.07) is 13.1. The molecule has 0 unspecified atom stereocenters. The largest absolute Gasteiger partial charge is 0.388 e. The van der Waals surface area contributed by atoms with Crippen LogP contribution in [0.5, 0.6) is 0 Å². The van der Waals surface area contributed by atoms with Crippen LogP contribution in [0.2, 0.25) is 5.02 Å². The van der Waals surface area contributed by atoms with Crippen molar-refractivity contribution in [3.63, 3.8) is 0 Å². The number of nitrogens with one attached hydrogen (secondary N) is 3. The number of hydrogen-bond donors (Lipinski definition) is 5. The normalized spacial score (nSPS) is 18.0. The van der Waals surface area contributed by atoms with Crippen LogP contribution in [0.25, 0.3) is 28.0 Å². The third-order valence-corrected chi connectivity index (χ3v) is 7.66. The molecule has 0 amide bonds. The Hall–Kier alpha value is -3.57. The van der Waals surface area contributed by atoms with E-state index in [9.17, 15) is 4.79 Å². The van der Waals surface area contributed by atoms with Crippen molar-refractivity contribution in [3.05, 3.63) is 81.1 Å². The molecule has 3 atom stereocenters. The molecule has 0 aliphatic carbocycles. The summed E-state index contributed by atoms with van der Waals surface area (Å²) in [4.78, 5) is 20.3. The lowest BCUT2D eigenvalue weighted by molar-refractivity contribution is 0.0432. The molecule has 216 valence electrons. The van der Waals surface area contributed by atoms with Gasteiger partial charge in [-0.05, 0) is 74.1 Å². The highest BCUT2D eigenvalue weighted by Gasteiger charge is 2.23. The molecule has 7 N–H and O–H groups in total. The SMILES string of the molecule is C[C@H](N)CCCc1cc(Cl)c(F)c(-c2cc3cn(-c4ccc([C@H]5COC[C@@H](CCC(=N)N)N5)cc4)c(=O)nc3[nH]2)c1. The molecule has 4 aromatic rings. The fourth-order valence-corrected chi connectivity index (χ4v) is 5.45. The van der Waals surface area contributed by atoms with Gasteiger partial charge in [-0.3, -0.25) is 9.98 Å². The fourth-order valence-electron chi connectivity index (χ4n) is 5.20. The maximum Gasteiger partial charge on any atom is 0.354 e. The van der Waals surface area contributed by atoms with E-state index in [2.05, 4.69) is 15.3 Å². The third kappa shape index (κ3) is 6.84. The second-order valence-corrected chi connectivity index (χ2v) is 11.2. The zero-order valence-corrected chi connectivity index (χ0v) is 23.7. The summed E-state index contributed by atoms with van der Waals surface area (Å²) in [5, 5.41) is 11.7. The standard InChI is InChI=1S/C30H35ClFN7O2/c1-17(33)3-2-4-18-11-23(28(32)24(31)12-18)25-13-20-14-39(30(40)38-29(20)37-25)22-8-5-19(6-9-22)26-16-41-15-21(36-26)7-10-27(34)35/h5-6,8-9,11-14,17,21,26,36H,2-4,7,10,15-16,33H2,1H3,(H3,34,35)(H,37,38,40)/t17-,21+,26+/m0/s1. The topological polar surface area (TPSA) is 148 Å².